The van der Waals surface area contributed by atoms with Crippen LogP contribution in [0.25, 0.3) is 0 Å². The summed E-state index contributed by atoms with van der Waals surface area (Å²) in [5.74, 6) is 0.907. The maximum Gasteiger partial charge on any atom is 0.226 e. The van der Waals surface area contributed by atoms with Gasteiger partial charge in [-0.1, -0.05) is 12.1 Å². The third-order valence-corrected chi connectivity index (χ3v) is 6.36. The van der Waals surface area contributed by atoms with Crippen molar-refractivity contribution < 1.29 is 17.9 Å². The molecule has 0 unspecified atom stereocenters. The second kappa shape index (κ2) is 7.33. The monoisotopic (exact) mass is 366 g/mol. The molecule has 1 aliphatic carbocycles. The van der Waals surface area contributed by atoms with Crippen LogP contribution >= 0.6 is 0 Å². The standard InChI is InChI=1S/C18H26N2O4S/c1-24-17-7-3-14(4-8-17)13-20(16-5-6-16)18(21)15-9-11-19(12-10-15)25(2,22)23/h3-4,7-8,15-16H,5-6,9-13H2,1-2H3. The molecule has 0 atom stereocenters. The van der Waals surface area contributed by atoms with Crippen LogP contribution in [0.1, 0.15) is 31.2 Å². The predicted octanol–water partition coefficient (Wildman–Crippen LogP) is 1.86. The molecule has 1 heterocycles. The predicted molar refractivity (Wildman–Crippen MR) is 95.7 cm³/mol. The van der Waals surface area contributed by atoms with Gasteiger partial charge >= 0.3 is 0 Å². The van der Waals surface area contributed by atoms with Crippen molar-refractivity contribution in [2.45, 2.75) is 38.3 Å². The van der Waals surface area contributed by atoms with E-state index in [0.29, 0.717) is 38.5 Å². The van der Waals surface area contributed by atoms with Gasteiger partial charge in [-0.3, -0.25) is 4.79 Å². The van der Waals surface area contributed by atoms with Gasteiger partial charge in [0.15, 0.2) is 0 Å². The maximum atomic E-state index is 13.0. The van der Waals surface area contributed by atoms with Gasteiger partial charge in [-0.2, -0.15) is 0 Å². The van der Waals surface area contributed by atoms with Crippen LogP contribution in [0.2, 0.25) is 0 Å². The summed E-state index contributed by atoms with van der Waals surface area (Å²) in [7, 11) is -1.52. The Hall–Kier alpha value is -1.60. The molecule has 1 amide bonds. The first-order valence-electron chi connectivity index (χ1n) is 8.77. The molecular formula is C18H26N2O4S. The van der Waals surface area contributed by atoms with E-state index >= 15 is 0 Å². The zero-order chi connectivity index (χ0) is 18.0. The third-order valence-electron chi connectivity index (χ3n) is 5.05. The van der Waals surface area contributed by atoms with Crippen molar-refractivity contribution in [1.29, 1.82) is 0 Å². The number of methoxy groups -OCH3 is 1. The molecule has 7 heteroatoms. The molecule has 1 aliphatic heterocycles. The van der Waals surface area contributed by atoms with Crippen LogP contribution in [0.5, 0.6) is 5.75 Å². The fourth-order valence-electron chi connectivity index (χ4n) is 3.37. The average Bonchev–Trinajstić information content (AvgIpc) is 3.44. The number of ether oxygens (including phenoxy) is 1. The SMILES string of the molecule is COc1ccc(CN(C(=O)C2CCN(S(C)(=O)=O)CC2)C2CC2)cc1. The molecule has 1 saturated heterocycles. The lowest BCUT2D eigenvalue weighted by atomic mass is 9.96. The normalized spacial score (nSPS) is 19.6. The Balaban J connectivity index is 1.63. The van der Waals surface area contributed by atoms with E-state index in [9.17, 15) is 13.2 Å². The quantitative estimate of drug-likeness (QED) is 0.771. The minimum Gasteiger partial charge on any atom is -0.497 e. The molecular weight excluding hydrogens is 340 g/mol. The van der Waals surface area contributed by atoms with Crippen molar-refractivity contribution in [3.05, 3.63) is 29.8 Å². The fourth-order valence-corrected chi connectivity index (χ4v) is 4.24. The van der Waals surface area contributed by atoms with E-state index in [1.807, 2.05) is 29.2 Å². The van der Waals surface area contributed by atoms with Crippen LogP contribution in [0.4, 0.5) is 0 Å². The number of sulfonamides is 1. The van der Waals surface area contributed by atoms with Gasteiger partial charge in [0.05, 0.1) is 13.4 Å². The number of rotatable bonds is 6. The lowest BCUT2D eigenvalue weighted by Gasteiger charge is -2.33. The first-order chi connectivity index (χ1) is 11.9. The number of carbonyl (C=O) groups excluding carboxylic acids is 1. The summed E-state index contributed by atoms with van der Waals surface area (Å²) in [4.78, 5) is 15.0. The van der Waals surface area contributed by atoms with Crippen molar-refractivity contribution in [3.63, 3.8) is 0 Å². The highest BCUT2D eigenvalue weighted by atomic mass is 32.2. The van der Waals surface area contributed by atoms with Crippen molar-refractivity contribution in [3.8, 4) is 5.75 Å². The zero-order valence-corrected chi connectivity index (χ0v) is 15.7. The molecule has 0 spiro atoms. The number of hydrogen-bond donors (Lipinski definition) is 0. The van der Waals surface area contributed by atoms with Gasteiger partial charge in [-0.05, 0) is 43.4 Å². The Morgan fingerprint density at radius 3 is 2.24 bits per heavy atom. The van der Waals surface area contributed by atoms with Gasteiger partial charge in [0.25, 0.3) is 0 Å². The number of carbonyl (C=O) groups is 1. The van der Waals surface area contributed by atoms with Crippen LogP contribution in [-0.4, -0.2) is 56.0 Å². The Kier molecular flexibility index (Phi) is 5.34. The average molecular weight is 366 g/mol. The van der Waals surface area contributed by atoms with Crippen molar-refractivity contribution in [1.82, 2.24) is 9.21 Å². The summed E-state index contributed by atoms with van der Waals surface area (Å²) in [5, 5.41) is 0. The van der Waals surface area contributed by atoms with Gasteiger partial charge in [-0.15, -0.1) is 0 Å². The topological polar surface area (TPSA) is 66.9 Å². The Morgan fingerprint density at radius 2 is 1.76 bits per heavy atom. The van der Waals surface area contributed by atoms with Crippen molar-refractivity contribution in [2.75, 3.05) is 26.5 Å². The number of nitrogens with zero attached hydrogens (tertiary/aromatic N) is 2. The number of amides is 1. The largest absolute Gasteiger partial charge is 0.497 e. The second-order valence-electron chi connectivity index (χ2n) is 6.98. The zero-order valence-electron chi connectivity index (χ0n) is 14.8. The minimum atomic E-state index is -3.16. The van der Waals surface area contributed by atoms with E-state index in [4.69, 9.17) is 4.74 Å². The third kappa shape index (κ3) is 4.52. The minimum absolute atomic E-state index is 0.0724. The molecule has 1 saturated carbocycles. The highest BCUT2D eigenvalue weighted by Gasteiger charge is 2.37. The Bertz CT molecular complexity index is 705. The molecule has 25 heavy (non-hydrogen) atoms. The summed E-state index contributed by atoms with van der Waals surface area (Å²) in [5.41, 5.74) is 1.09. The van der Waals surface area contributed by atoms with E-state index in [1.54, 1.807) is 7.11 Å². The van der Waals surface area contributed by atoms with Gasteiger partial charge in [0, 0.05) is 31.6 Å². The van der Waals surface area contributed by atoms with Gasteiger partial charge < -0.3 is 9.64 Å². The number of piperidine rings is 1. The highest BCUT2D eigenvalue weighted by molar-refractivity contribution is 7.88. The molecule has 1 aromatic carbocycles. The first kappa shape index (κ1) is 18.2. The van der Waals surface area contributed by atoms with Gasteiger partial charge in [-0.25, -0.2) is 12.7 Å². The summed E-state index contributed by atoms with van der Waals surface area (Å²) < 4.78 is 29.9. The highest BCUT2D eigenvalue weighted by Crippen LogP contribution is 2.32. The van der Waals surface area contributed by atoms with E-state index in [-0.39, 0.29) is 11.8 Å². The summed E-state index contributed by atoms with van der Waals surface area (Å²) in [6.07, 6.45) is 4.57. The molecule has 0 radical (unpaired) electrons. The Labute approximate surface area is 149 Å². The molecule has 2 fully saturated rings. The molecule has 1 aromatic rings. The smallest absolute Gasteiger partial charge is 0.226 e. The fraction of sp³-hybridized carbons (Fsp3) is 0.611. The van der Waals surface area contributed by atoms with Gasteiger partial charge in [0.2, 0.25) is 15.9 Å². The van der Waals surface area contributed by atoms with E-state index in [2.05, 4.69) is 0 Å². The first-order valence-corrected chi connectivity index (χ1v) is 10.6. The summed E-state index contributed by atoms with van der Waals surface area (Å²) in [6, 6.07) is 8.15. The van der Waals surface area contributed by atoms with Crippen LogP contribution in [0.3, 0.4) is 0 Å². The van der Waals surface area contributed by atoms with Crippen LogP contribution in [-0.2, 0) is 21.4 Å². The van der Waals surface area contributed by atoms with Gasteiger partial charge in [0.1, 0.15) is 5.75 Å². The summed E-state index contributed by atoms with van der Waals surface area (Å²) >= 11 is 0. The van der Waals surface area contributed by atoms with Crippen LogP contribution < -0.4 is 4.74 Å². The van der Waals surface area contributed by atoms with Crippen LogP contribution in [0.15, 0.2) is 24.3 Å². The van der Waals surface area contributed by atoms with Crippen molar-refractivity contribution >= 4 is 15.9 Å². The molecule has 0 bridgehead atoms. The molecule has 0 aromatic heterocycles. The second-order valence-corrected chi connectivity index (χ2v) is 8.96. The lowest BCUT2D eigenvalue weighted by Crippen LogP contribution is -2.44. The Morgan fingerprint density at radius 1 is 1.16 bits per heavy atom. The molecule has 6 nitrogen and oxygen atoms in total. The van der Waals surface area contributed by atoms with E-state index in [1.165, 1.54) is 10.6 Å². The van der Waals surface area contributed by atoms with E-state index < -0.39 is 10.0 Å². The molecule has 2 aliphatic rings. The lowest BCUT2D eigenvalue weighted by molar-refractivity contribution is -0.138. The number of benzene rings is 1. The number of hydrogen-bond acceptors (Lipinski definition) is 4. The van der Waals surface area contributed by atoms with Crippen LogP contribution in [0, 0.1) is 5.92 Å². The maximum absolute atomic E-state index is 13.0. The molecule has 138 valence electrons. The van der Waals surface area contributed by atoms with E-state index in [0.717, 1.165) is 24.2 Å². The molecule has 3 rings (SSSR count). The molecule has 0 N–H and O–H groups in total. The summed E-state index contributed by atoms with van der Waals surface area (Å²) in [6.45, 7) is 1.49. The van der Waals surface area contributed by atoms with Crippen molar-refractivity contribution in [2.24, 2.45) is 5.92 Å².